The lowest BCUT2D eigenvalue weighted by Crippen LogP contribution is -2.45. The smallest absolute Gasteiger partial charge is 0.379 e. The Morgan fingerprint density at radius 2 is 1.12 bits per heavy atom. The van der Waals surface area contributed by atoms with Gasteiger partial charge in [0.2, 0.25) is 0 Å². The zero-order valence-electron chi connectivity index (χ0n) is 29.0. The van der Waals surface area contributed by atoms with Gasteiger partial charge in [0.25, 0.3) is 0 Å². The van der Waals surface area contributed by atoms with Crippen LogP contribution in [0.25, 0.3) is 0 Å². The van der Waals surface area contributed by atoms with Gasteiger partial charge in [0.15, 0.2) is 5.78 Å². The second kappa shape index (κ2) is 28.3. The third-order valence-corrected chi connectivity index (χ3v) is 10.4. The average Bonchev–Trinajstić information content (AvgIpc) is 2.94. The van der Waals surface area contributed by atoms with Crippen molar-refractivity contribution in [1.82, 2.24) is 0 Å². The van der Waals surface area contributed by atoms with E-state index in [0.29, 0.717) is 24.1 Å². The summed E-state index contributed by atoms with van der Waals surface area (Å²) in [6.45, 7) is 5.46. The molecule has 252 valence electrons. The zero-order chi connectivity index (χ0) is 31.4. The van der Waals surface area contributed by atoms with E-state index in [2.05, 4.69) is 19.1 Å². The first-order chi connectivity index (χ1) is 20.2. The van der Waals surface area contributed by atoms with Crippen LogP contribution in [0.5, 0.6) is 0 Å². The van der Waals surface area contributed by atoms with Crippen molar-refractivity contribution in [1.29, 1.82) is 0 Å². The standard InChI is InChI=1S/C35H72NO5P/c1-7-9-10-11-12-13-14-15-16-17-18-19-20-21-22-23-24-25-26-27-28-29-31-40-32-34(39-6)33-41-42(37,38)35(30-8-2)36(3,4)5/h18-19,34-35H,7-17,20-33H2,1-6H3/p+1/b19-18-/t34-,35?/m1/s1. The third kappa shape index (κ3) is 25.1. The molecule has 2 unspecified atom stereocenters. The molecule has 6 nitrogen and oxygen atoms in total. The maximum absolute atomic E-state index is 12.9. The Hall–Kier alpha value is -0.230. The van der Waals surface area contributed by atoms with Crippen molar-refractivity contribution in [2.24, 2.45) is 0 Å². The van der Waals surface area contributed by atoms with Gasteiger partial charge in [-0.15, -0.1) is 0 Å². The molecule has 3 atom stereocenters. The van der Waals surface area contributed by atoms with E-state index in [1.165, 1.54) is 122 Å². The first kappa shape index (κ1) is 41.8. The molecule has 0 bridgehead atoms. The molecule has 0 saturated heterocycles. The minimum absolute atomic E-state index is 0.0696. The van der Waals surface area contributed by atoms with Crippen LogP contribution >= 0.6 is 7.60 Å². The number of methoxy groups -OCH3 is 1. The molecule has 1 N–H and O–H groups in total. The first-order valence-corrected chi connectivity index (χ1v) is 19.4. The van der Waals surface area contributed by atoms with Crippen molar-refractivity contribution in [2.45, 2.75) is 167 Å². The summed E-state index contributed by atoms with van der Waals surface area (Å²) < 4.78 is 30.0. The molecule has 0 saturated carbocycles. The molecule has 0 radical (unpaired) electrons. The van der Waals surface area contributed by atoms with E-state index in [9.17, 15) is 9.46 Å². The number of allylic oxidation sites excluding steroid dienone is 2. The lowest BCUT2D eigenvalue weighted by molar-refractivity contribution is -0.883. The molecule has 0 aliphatic heterocycles. The maximum Gasteiger partial charge on any atom is 0.385 e. The molecule has 0 rings (SSSR count). The van der Waals surface area contributed by atoms with Crippen molar-refractivity contribution < 1.29 is 27.9 Å². The average molecular weight is 619 g/mol. The summed E-state index contributed by atoms with van der Waals surface area (Å²) in [6.07, 6.45) is 32.8. The predicted molar refractivity (Wildman–Crippen MR) is 181 cm³/mol. The number of hydrogen-bond acceptors (Lipinski definition) is 4. The van der Waals surface area contributed by atoms with Crippen molar-refractivity contribution in [2.75, 3.05) is 48.1 Å². The van der Waals surface area contributed by atoms with Gasteiger partial charge in [-0.25, -0.2) is 0 Å². The first-order valence-electron chi connectivity index (χ1n) is 17.7. The molecule has 0 aliphatic carbocycles. The Morgan fingerprint density at radius 3 is 1.55 bits per heavy atom. The molecule has 0 heterocycles. The molecule has 0 fully saturated rings. The van der Waals surface area contributed by atoms with Crippen LogP contribution in [0, 0.1) is 0 Å². The minimum Gasteiger partial charge on any atom is -0.379 e. The molecular weight excluding hydrogens is 545 g/mol. The molecule has 0 aromatic rings. The fourth-order valence-corrected chi connectivity index (χ4v) is 7.45. The summed E-state index contributed by atoms with van der Waals surface area (Å²) in [7, 11) is 3.64. The van der Waals surface area contributed by atoms with Crippen LogP contribution in [0.15, 0.2) is 12.2 Å². The highest BCUT2D eigenvalue weighted by Gasteiger charge is 2.42. The molecule has 0 aromatic heterocycles. The van der Waals surface area contributed by atoms with Crippen LogP contribution in [-0.2, 0) is 18.6 Å². The second-order valence-electron chi connectivity index (χ2n) is 13.2. The van der Waals surface area contributed by atoms with Gasteiger partial charge in [-0.3, -0.25) is 4.57 Å². The SMILES string of the molecule is CCCCCCCCCCC/C=C\CCCCCCCCCCCOC[C@H](COP(=O)(O)C(CCC)[N+](C)(C)C)OC. The minimum atomic E-state index is -3.76. The Kier molecular flexibility index (Phi) is 28.1. The Balaban J connectivity index is 3.58. The monoisotopic (exact) mass is 619 g/mol. The third-order valence-electron chi connectivity index (χ3n) is 8.20. The topological polar surface area (TPSA) is 65.0 Å². The zero-order valence-corrected chi connectivity index (χ0v) is 29.9. The molecular formula is C35H73NO5P+. The highest BCUT2D eigenvalue weighted by atomic mass is 31.2. The molecule has 0 aliphatic rings. The van der Waals surface area contributed by atoms with E-state index in [1.54, 1.807) is 7.11 Å². The fraction of sp³-hybridized carbons (Fsp3) is 0.943. The second-order valence-corrected chi connectivity index (χ2v) is 15.2. The summed E-state index contributed by atoms with van der Waals surface area (Å²) >= 11 is 0. The molecule has 0 aromatic carbocycles. The molecule has 7 heteroatoms. The van der Waals surface area contributed by atoms with E-state index in [4.69, 9.17) is 14.0 Å². The van der Waals surface area contributed by atoms with Crippen molar-refractivity contribution in [3.05, 3.63) is 12.2 Å². The number of hydrogen-bond donors (Lipinski definition) is 1. The van der Waals surface area contributed by atoms with Gasteiger partial charge in [0.05, 0.1) is 34.4 Å². The summed E-state index contributed by atoms with van der Waals surface area (Å²) in [5.41, 5.74) is 0. The summed E-state index contributed by atoms with van der Waals surface area (Å²) in [4.78, 5) is 10.6. The molecule has 0 amide bonds. The lowest BCUT2D eigenvalue weighted by Gasteiger charge is -2.36. The van der Waals surface area contributed by atoms with Crippen LogP contribution in [0.1, 0.15) is 155 Å². The van der Waals surface area contributed by atoms with Crippen LogP contribution in [0.3, 0.4) is 0 Å². The van der Waals surface area contributed by atoms with Gasteiger partial charge in [-0.1, -0.05) is 122 Å². The van der Waals surface area contributed by atoms with Crippen LogP contribution in [0.4, 0.5) is 0 Å². The number of nitrogens with zero attached hydrogens (tertiary/aromatic N) is 1. The Morgan fingerprint density at radius 1 is 0.667 bits per heavy atom. The van der Waals surface area contributed by atoms with E-state index >= 15 is 0 Å². The predicted octanol–water partition coefficient (Wildman–Crippen LogP) is 10.4. The van der Waals surface area contributed by atoms with Gasteiger partial charge < -0.3 is 23.4 Å². The largest absolute Gasteiger partial charge is 0.385 e. The van der Waals surface area contributed by atoms with Crippen molar-refractivity contribution in [3.63, 3.8) is 0 Å². The van der Waals surface area contributed by atoms with E-state index < -0.39 is 13.4 Å². The normalized spacial score (nSPS) is 15.3. The maximum atomic E-state index is 12.9. The van der Waals surface area contributed by atoms with Gasteiger partial charge in [-0.05, 0) is 38.5 Å². The number of quaternary nitrogens is 1. The van der Waals surface area contributed by atoms with Crippen LogP contribution in [-0.4, -0.2) is 69.3 Å². The van der Waals surface area contributed by atoms with E-state index in [0.717, 1.165) is 12.8 Å². The number of ether oxygens (including phenoxy) is 2. The Labute approximate surface area is 262 Å². The van der Waals surface area contributed by atoms with Crippen LogP contribution < -0.4 is 0 Å². The number of rotatable bonds is 32. The van der Waals surface area contributed by atoms with E-state index in [-0.39, 0.29) is 12.7 Å². The lowest BCUT2D eigenvalue weighted by atomic mass is 10.1. The van der Waals surface area contributed by atoms with Crippen molar-refractivity contribution in [3.8, 4) is 0 Å². The van der Waals surface area contributed by atoms with Crippen molar-refractivity contribution >= 4 is 7.60 Å². The highest BCUT2D eigenvalue weighted by molar-refractivity contribution is 7.53. The summed E-state index contributed by atoms with van der Waals surface area (Å²) in [6, 6.07) is 0. The van der Waals surface area contributed by atoms with E-state index in [1.807, 2.05) is 28.1 Å². The quantitative estimate of drug-likeness (QED) is 0.0352. The highest BCUT2D eigenvalue weighted by Crippen LogP contribution is 2.51. The molecule has 42 heavy (non-hydrogen) atoms. The van der Waals surface area contributed by atoms with Gasteiger partial charge >= 0.3 is 7.60 Å². The van der Waals surface area contributed by atoms with Gasteiger partial charge in [0, 0.05) is 20.1 Å². The van der Waals surface area contributed by atoms with Gasteiger partial charge in [-0.2, -0.15) is 0 Å². The van der Waals surface area contributed by atoms with Gasteiger partial charge in [0.1, 0.15) is 6.10 Å². The summed E-state index contributed by atoms with van der Waals surface area (Å²) in [5.74, 6) is -0.442. The molecule has 0 spiro atoms. The Bertz CT molecular complexity index is 652. The van der Waals surface area contributed by atoms with Crippen LogP contribution in [0.2, 0.25) is 0 Å². The fourth-order valence-electron chi connectivity index (χ4n) is 5.43. The number of unbranched alkanes of at least 4 members (excludes halogenated alkanes) is 18. The summed E-state index contributed by atoms with van der Waals surface area (Å²) in [5, 5.41) is 0.